The zero-order valence-electron chi connectivity index (χ0n) is 11.9. The van der Waals surface area contributed by atoms with Gasteiger partial charge in [-0.05, 0) is 31.4 Å². The maximum absolute atomic E-state index is 10.4. The van der Waals surface area contributed by atoms with Crippen molar-refractivity contribution in [3.8, 4) is 0 Å². The van der Waals surface area contributed by atoms with E-state index in [1.807, 2.05) is 18.9 Å². The Morgan fingerprint density at radius 2 is 2.11 bits per heavy atom. The summed E-state index contributed by atoms with van der Waals surface area (Å²) >= 11 is 1.86. The largest absolute Gasteiger partial charge is 0.388 e. The predicted molar refractivity (Wildman–Crippen MR) is 77.1 cm³/mol. The molecule has 18 heavy (non-hydrogen) atoms. The number of hydrogen-bond donors (Lipinski definition) is 2. The summed E-state index contributed by atoms with van der Waals surface area (Å²) in [4.78, 5) is 0. The van der Waals surface area contributed by atoms with Gasteiger partial charge < -0.3 is 15.2 Å². The number of aliphatic hydroxyl groups is 1. The highest BCUT2D eigenvalue weighted by Crippen LogP contribution is 2.48. The molecule has 0 aromatic carbocycles. The molecule has 1 heterocycles. The first kappa shape index (κ1) is 14.6. The van der Waals surface area contributed by atoms with Crippen molar-refractivity contribution >= 4 is 11.8 Å². The monoisotopic (exact) mass is 273 g/mol. The van der Waals surface area contributed by atoms with Gasteiger partial charge in [-0.2, -0.15) is 11.8 Å². The molecule has 0 amide bonds. The Balaban J connectivity index is 1.90. The lowest BCUT2D eigenvalue weighted by atomic mass is 9.58. The van der Waals surface area contributed by atoms with Crippen LogP contribution >= 0.6 is 11.8 Å². The molecule has 0 aromatic rings. The van der Waals surface area contributed by atoms with E-state index in [9.17, 15) is 5.11 Å². The lowest BCUT2D eigenvalue weighted by Gasteiger charge is -2.55. The molecular formula is C14H27NO2S. The van der Waals surface area contributed by atoms with E-state index < -0.39 is 5.60 Å². The molecule has 2 fully saturated rings. The van der Waals surface area contributed by atoms with Gasteiger partial charge in [-0.15, -0.1) is 0 Å². The zero-order valence-corrected chi connectivity index (χ0v) is 12.7. The standard InChI is InChI=1S/C14H27NO2S/c1-4-14(5-2)11(8-12(14)17-3)15-9-13(16)6-7-18-10-13/h11-12,15-16H,4-10H2,1-3H3/t11-,12+,13+/m1/s1. The molecule has 106 valence electrons. The van der Waals surface area contributed by atoms with Gasteiger partial charge in [0.05, 0.1) is 11.7 Å². The summed E-state index contributed by atoms with van der Waals surface area (Å²) in [5, 5.41) is 14.0. The van der Waals surface area contributed by atoms with E-state index in [-0.39, 0.29) is 5.41 Å². The van der Waals surface area contributed by atoms with E-state index in [2.05, 4.69) is 19.2 Å². The minimum absolute atomic E-state index is 0.275. The molecule has 0 unspecified atom stereocenters. The van der Waals surface area contributed by atoms with E-state index in [0.717, 1.165) is 43.7 Å². The molecule has 3 nitrogen and oxygen atoms in total. The van der Waals surface area contributed by atoms with E-state index in [4.69, 9.17) is 4.74 Å². The fourth-order valence-electron chi connectivity index (χ4n) is 3.61. The number of rotatable bonds is 6. The van der Waals surface area contributed by atoms with Gasteiger partial charge in [0.2, 0.25) is 0 Å². The van der Waals surface area contributed by atoms with Crippen molar-refractivity contribution in [2.75, 3.05) is 25.2 Å². The molecule has 1 aliphatic carbocycles. The quantitative estimate of drug-likeness (QED) is 0.777. The molecule has 2 aliphatic rings. The van der Waals surface area contributed by atoms with Crippen LogP contribution in [0.15, 0.2) is 0 Å². The molecule has 2 rings (SSSR count). The van der Waals surface area contributed by atoms with Crippen LogP contribution in [0.4, 0.5) is 0 Å². The van der Waals surface area contributed by atoms with Crippen LogP contribution in [0.2, 0.25) is 0 Å². The van der Waals surface area contributed by atoms with Crippen LogP contribution in [0, 0.1) is 5.41 Å². The van der Waals surface area contributed by atoms with Gasteiger partial charge in [0.15, 0.2) is 0 Å². The van der Waals surface area contributed by atoms with Gasteiger partial charge >= 0.3 is 0 Å². The molecule has 1 saturated carbocycles. The summed E-state index contributed by atoms with van der Waals surface area (Å²) in [7, 11) is 1.82. The Kier molecular flexibility index (Phi) is 4.63. The van der Waals surface area contributed by atoms with Crippen LogP contribution in [0.25, 0.3) is 0 Å². The Morgan fingerprint density at radius 1 is 1.39 bits per heavy atom. The lowest BCUT2D eigenvalue weighted by Crippen LogP contribution is -2.64. The number of methoxy groups -OCH3 is 1. The summed E-state index contributed by atoms with van der Waals surface area (Å²) in [5.74, 6) is 1.97. The van der Waals surface area contributed by atoms with Crippen molar-refractivity contribution in [1.82, 2.24) is 5.32 Å². The van der Waals surface area contributed by atoms with Crippen molar-refractivity contribution in [1.29, 1.82) is 0 Å². The molecule has 0 bridgehead atoms. The van der Waals surface area contributed by atoms with Gasteiger partial charge in [0.1, 0.15) is 0 Å². The van der Waals surface area contributed by atoms with E-state index in [0.29, 0.717) is 12.1 Å². The Hall–Kier alpha value is 0.230. The molecule has 1 saturated heterocycles. The van der Waals surface area contributed by atoms with E-state index in [1.165, 1.54) is 0 Å². The number of nitrogens with one attached hydrogen (secondary N) is 1. The molecule has 4 heteroatoms. The molecule has 1 aliphatic heterocycles. The fourth-order valence-corrected chi connectivity index (χ4v) is 4.91. The maximum Gasteiger partial charge on any atom is 0.0869 e. The minimum Gasteiger partial charge on any atom is -0.388 e. The van der Waals surface area contributed by atoms with Crippen molar-refractivity contribution in [3.63, 3.8) is 0 Å². The fraction of sp³-hybridized carbons (Fsp3) is 1.00. The molecule has 0 aromatic heterocycles. The molecular weight excluding hydrogens is 246 g/mol. The second-order valence-electron chi connectivity index (χ2n) is 5.86. The molecule has 0 radical (unpaired) electrons. The Bertz CT molecular complexity index is 275. The van der Waals surface area contributed by atoms with Crippen molar-refractivity contribution in [2.45, 2.75) is 57.3 Å². The maximum atomic E-state index is 10.4. The van der Waals surface area contributed by atoms with Gasteiger partial charge in [-0.3, -0.25) is 0 Å². The summed E-state index contributed by atoms with van der Waals surface area (Å²) in [6.07, 6.45) is 4.69. The van der Waals surface area contributed by atoms with Gasteiger partial charge in [0, 0.05) is 30.9 Å². The first-order valence-electron chi connectivity index (χ1n) is 7.16. The normalized spacial score (nSPS) is 38.7. The SMILES string of the molecule is CCC1(CC)[C@@H](OC)C[C@H]1NC[C@@]1(O)CCSC1. The van der Waals surface area contributed by atoms with Gasteiger partial charge in [0.25, 0.3) is 0 Å². The van der Waals surface area contributed by atoms with Crippen LogP contribution in [0.1, 0.15) is 39.5 Å². The Labute approximate surface area is 115 Å². The third-order valence-corrected chi connectivity index (χ3v) is 6.38. The molecule has 0 spiro atoms. The van der Waals surface area contributed by atoms with E-state index >= 15 is 0 Å². The van der Waals surface area contributed by atoms with Gasteiger partial charge in [-0.1, -0.05) is 13.8 Å². The summed E-state index contributed by atoms with van der Waals surface area (Å²) < 4.78 is 5.60. The highest BCUT2D eigenvalue weighted by Gasteiger charge is 2.53. The first-order valence-corrected chi connectivity index (χ1v) is 8.32. The lowest BCUT2D eigenvalue weighted by molar-refractivity contribution is -0.127. The van der Waals surface area contributed by atoms with Crippen LogP contribution in [-0.2, 0) is 4.74 Å². The van der Waals surface area contributed by atoms with Crippen LogP contribution in [0.3, 0.4) is 0 Å². The second kappa shape index (κ2) is 5.70. The predicted octanol–water partition coefficient (Wildman–Crippen LogP) is 2.04. The number of ether oxygens (including phenoxy) is 1. The molecule has 2 N–H and O–H groups in total. The molecule has 3 atom stereocenters. The summed E-state index contributed by atoms with van der Waals surface area (Å²) in [6.45, 7) is 5.25. The second-order valence-corrected chi connectivity index (χ2v) is 6.97. The average Bonchev–Trinajstić information content (AvgIpc) is 2.77. The highest BCUT2D eigenvalue weighted by molar-refractivity contribution is 7.99. The Morgan fingerprint density at radius 3 is 2.61 bits per heavy atom. The minimum atomic E-state index is -0.476. The van der Waals surface area contributed by atoms with Crippen LogP contribution in [-0.4, -0.2) is 48.0 Å². The third kappa shape index (κ3) is 2.45. The number of hydrogen-bond acceptors (Lipinski definition) is 4. The summed E-state index contributed by atoms with van der Waals surface area (Å²) in [6, 6.07) is 0.507. The summed E-state index contributed by atoms with van der Waals surface area (Å²) in [5.41, 5.74) is -0.201. The van der Waals surface area contributed by atoms with Gasteiger partial charge in [-0.25, -0.2) is 0 Å². The number of thioether (sulfide) groups is 1. The van der Waals surface area contributed by atoms with Crippen LogP contribution in [0.5, 0.6) is 0 Å². The third-order valence-electron chi connectivity index (χ3n) is 5.15. The highest BCUT2D eigenvalue weighted by atomic mass is 32.2. The average molecular weight is 273 g/mol. The first-order chi connectivity index (χ1) is 8.60. The topological polar surface area (TPSA) is 41.5 Å². The van der Waals surface area contributed by atoms with Crippen molar-refractivity contribution < 1.29 is 9.84 Å². The smallest absolute Gasteiger partial charge is 0.0869 e. The van der Waals surface area contributed by atoms with E-state index in [1.54, 1.807) is 0 Å². The van der Waals surface area contributed by atoms with Crippen molar-refractivity contribution in [2.24, 2.45) is 5.41 Å². The van der Waals surface area contributed by atoms with Crippen molar-refractivity contribution in [3.05, 3.63) is 0 Å². The zero-order chi connectivity index (χ0) is 13.2. The van der Waals surface area contributed by atoms with Crippen LogP contribution < -0.4 is 5.32 Å².